The minimum Gasteiger partial charge on any atom is -0.496 e. The molecule has 4 aromatic carbocycles. The van der Waals surface area contributed by atoms with E-state index in [0.29, 0.717) is 40.4 Å². The number of carbonyl (C=O) groups excluding carboxylic acids is 4. The molecule has 0 aliphatic heterocycles. The highest BCUT2D eigenvalue weighted by molar-refractivity contribution is 5.91. The molecule has 12 heteroatoms. The Labute approximate surface area is 378 Å². The second-order valence-electron chi connectivity index (χ2n) is 14.2. The Bertz CT molecular complexity index is 2630. The van der Waals surface area contributed by atoms with E-state index >= 15 is 0 Å². The molecule has 4 aromatic rings. The molecule has 0 fully saturated rings. The lowest BCUT2D eigenvalue weighted by molar-refractivity contribution is -0.145. The predicted octanol–water partition coefficient (Wildman–Crippen LogP) is 9.96. The van der Waals surface area contributed by atoms with Gasteiger partial charge >= 0.3 is 23.9 Å². The molecule has 0 radical (unpaired) electrons. The molecule has 11 nitrogen and oxygen atoms in total. The van der Waals surface area contributed by atoms with E-state index in [-0.39, 0.29) is 59.0 Å². The minimum atomic E-state index is -0.782. The van der Waals surface area contributed by atoms with Crippen LogP contribution in [0.2, 0.25) is 0 Å². The molecule has 0 heterocycles. The van der Waals surface area contributed by atoms with Crippen LogP contribution in [0.5, 0.6) is 23.0 Å². The van der Waals surface area contributed by atoms with Crippen molar-refractivity contribution in [3.05, 3.63) is 185 Å². The summed E-state index contributed by atoms with van der Waals surface area (Å²) in [5.41, 5.74) is 4.25. The fourth-order valence-corrected chi connectivity index (χ4v) is 5.05. The summed E-state index contributed by atoms with van der Waals surface area (Å²) in [6.45, 7) is 19.7. The average molecular weight is 879 g/mol. The van der Waals surface area contributed by atoms with E-state index in [1.54, 1.807) is 67.8 Å². The molecule has 0 saturated carbocycles. The molecular weight excluding hydrogens is 832 g/mol. The van der Waals surface area contributed by atoms with Crippen molar-refractivity contribution >= 4 is 30.0 Å². The molecule has 0 amide bonds. The van der Waals surface area contributed by atoms with Gasteiger partial charge in [0.1, 0.15) is 36.2 Å². The molecule has 0 N–H and O–H groups in total. The molecule has 0 aliphatic carbocycles. The van der Waals surface area contributed by atoms with E-state index in [4.69, 9.17) is 33.2 Å². The number of esters is 4. The van der Waals surface area contributed by atoms with Crippen LogP contribution in [0.1, 0.15) is 73.1 Å². The van der Waals surface area contributed by atoms with Gasteiger partial charge < -0.3 is 33.2 Å². The maximum atomic E-state index is 13.8. The summed E-state index contributed by atoms with van der Waals surface area (Å²) in [7, 11) is 0. The summed E-state index contributed by atoms with van der Waals surface area (Å²) in [6, 6.07) is 22.5. The second kappa shape index (κ2) is 24.9. The maximum absolute atomic E-state index is 13.8. The summed E-state index contributed by atoms with van der Waals surface area (Å²) in [6.07, 6.45) is 5.91. The van der Waals surface area contributed by atoms with Crippen LogP contribution in [0, 0.1) is 23.7 Å². The molecule has 0 spiro atoms. The Balaban J connectivity index is 1.59. The first kappa shape index (κ1) is 49.3. The Morgan fingerprint density at radius 2 is 1.23 bits per heavy atom. The number of halogens is 1. The first-order valence-electron chi connectivity index (χ1n) is 19.9. The van der Waals surface area contributed by atoms with Crippen molar-refractivity contribution in [1.82, 2.24) is 0 Å². The predicted molar refractivity (Wildman–Crippen MR) is 244 cm³/mol. The number of rotatable bonds is 19. The molecular formula is C53H47FO11. The second-order valence-corrected chi connectivity index (χ2v) is 14.2. The van der Waals surface area contributed by atoms with Gasteiger partial charge in [-0.3, -0.25) is 4.39 Å². The van der Waals surface area contributed by atoms with E-state index in [0.717, 1.165) is 17.4 Å². The summed E-state index contributed by atoms with van der Waals surface area (Å²) < 4.78 is 51.8. The minimum absolute atomic E-state index is 0.0400. The summed E-state index contributed by atoms with van der Waals surface area (Å²) in [5, 5.41) is 0. The fraction of sp³-hybridized carbons (Fsp3) is 0.170. The van der Waals surface area contributed by atoms with Crippen molar-refractivity contribution in [3.8, 4) is 46.7 Å². The number of carbonyl (C=O) groups is 4. The quantitative estimate of drug-likeness (QED) is 0.0223. The highest BCUT2D eigenvalue weighted by atomic mass is 19.1. The largest absolute Gasteiger partial charge is 0.496 e. The van der Waals surface area contributed by atoms with E-state index < -0.39 is 30.6 Å². The zero-order valence-electron chi connectivity index (χ0n) is 36.5. The van der Waals surface area contributed by atoms with Gasteiger partial charge in [0.05, 0.1) is 12.9 Å². The number of ether oxygens (including phenoxy) is 7. The summed E-state index contributed by atoms with van der Waals surface area (Å²) in [4.78, 5) is 49.1. The molecule has 0 saturated heterocycles. The normalized spacial score (nSPS) is 10.4. The summed E-state index contributed by atoms with van der Waals surface area (Å²) >= 11 is 0. The molecule has 65 heavy (non-hydrogen) atoms. The molecule has 0 aromatic heterocycles. The van der Waals surface area contributed by atoms with Crippen molar-refractivity contribution < 1.29 is 56.7 Å². The third-order valence-corrected chi connectivity index (χ3v) is 8.52. The lowest BCUT2D eigenvalue weighted by Gasteiger charge is -2.17. The Morgan fingerprint density at radius 3 is 1.85 bits per heavy atom. The third kappa shape index (κ3) is 16.1. The average Bonchev–Trinajstić information content (AvgIpc) is 3.28. The van der Waals surface area contributed by atoms with E-state index in [1.165, 1.54) is 33.1 Å². The standard InChI is InChI=1S/C53H47FO11/c1-35(2)50(55)61-31-30-60-44-24-18-42(19-25-44)33-59-29-27-41-13-11-39(12-14-41)15-21-43-32-48(64-52(57)37(5)6)47(49(46(43)10-9-28-54)65-53(58)38(7)8)26-20-40-16-22-45(23-17-40)62-34-63-51(56)36(3)4/h11-14,16-19,22-25,27,29-32H,1,3,5,7,9-10,28,33-34H2,2,4,6,8H3. The van der Waals surface area contributed by atoms with Gasteiger partial charge in [0, 0.05) is 44.5 Å². The zero-order chi connectivity index (χ0) is 47.3. The first-order chi connectivity index (χ1) is 31.1. The fourth-order valence-electron chi connectivity index (χ4n) is 5.05. The SMILES string of the molecule is C=C(C)C(=O)OC=COc1ccc(COC=Cc2ccc(C#Cc3cc(OC(=O)C(=C)C)c(C#Cc4ccc(OCOC(=O)C(=C)C)cc4)c(OC(=O)C(=C)C)c3CCCF)cc2)cc1. The monoisotopic (exact) mass is 878 g/mol. The maximum Gasteiger partial charge on any atom is 0.338 e. The smallest absolute Gasteiger partial charge is 0.338 e. The Kier molecular flexibility index (Phi) is 18.9. The van der Waals surface area contributed by atoms with Crippen LogP contribution in [0.25, 0.3) is 6.08 Å². The van der Waals surface area contributed by atoms with E-state index in [1.807, 2.05) is 24.3 Å². The number of hydrogen-bond donors (Lipinski definition) is 0. The lowest BCUT2D eigenvalue weighted by atomic mass is 9.96. The number of alkyl halides is 1. The van der Waals surface area contributed by atoms with E-state index in [2.05, 4.69) is 50.0 Å². The first-order valence-corrected chi connectivity index (χ1v) is 19.9. The zero-order valence-corrected chi connectivity index (χ0v) is 36.5. The molecule has 4 rings (SSSR count). The lowest BCUT2D eigenvalue weighted by Crippen LogP contribution is -2.15. The van der Waals surface area contributed by atoms with Gasteiger partial charge in [0.2, 0.25) is 6.79 Å². The highest BCUT2D eigenvalue weighted by Gasteiger charge is 2.24. The van der Waals surface area contributed by atoms with Crippen LogP contribution in [0.3, 0.4) is 0 Å². The van der Waals surface area contributed by atoms with Gasteiger partial charge in [-0.05, 0) is 112 Å². The summed E-state index contributed by atoms with van der Waals surface area (Å²) in [5.74, 6) is 10.3. The number of benzene rings is 4. The van der Waals surface area contributed by atoms with Gasteiger partial charge in [-0.25, -0.2) is 19.2 Å². The molecule has 332 valence electrons. The van der Waals surface area contributed by atoms with Crippen LogP contribution in [0.15, 0.2) is 146 Å². The Morgan fingerprint density at radius 1 is 0.646 bits per heavy atom. The van der Waals surface area contributed by atoms with Crippen LogP contribution < -0.4 is 18.9 Å². The molecule has 0 aliphatic rings. The van der Waals surface area contributed by atoms with Gasteiger partial charge in [0.15, 0.2) is 11.5 Å². The highest BCUT2D eigenvalue weighted by Crippen LogP contribution is 2.37. The Hall–Kier alpha value is -8.35. The van der Waals surface area contributed by atoms with Crippen LogP contribution in [0.4, 0.5) is 4.39 Å². The third-order valence-electron chi connectivity index (χ3n) is 8.52. The van der Waals surface area contributed by atoms with Crippen LogP contribution in [-0.4, -0.2) is 37.3 Å². The van der Waals surface area contributed by atoms with Crippen molar-refractivity contribution in [2.24, 2.45) is 0 Å². The van der Waals surface area contributed by atoms with Crippen molar-refractivity contribution in [3.63, 3.8) is 0 Å². The topological polar surface area (TPSA) is 133 Å². The molecule has 0 unspecified atom stereocenters. The van der Waals surface area contributed by atoms with Gasteiger partial charge in [-0.15, -0.1) is 0 Å². The van der Waals surface area contributed by atoms with Crippen molar-refractivity contribution in [2.75, 3.05) is 13.5 Å². The molecule has 0 bridgehead atoms. The van der Waals surface area contributed by atoms with E-state index in [9.17, 15) is 23.6 Å². The van der Waals surface area contributed by atoms with Gasteiger partial charge in [0.25, 0.3) is 0 Å². The van der Waals surface area contributed by atoms with Gasteiger partial charge in [-0.1, -0.05) is 74.3 Å². The van der Waals surface area contributed by atoms with Crippen molar-refractivity contribution in [2.45, 2.75) is 47.1 Å². The van der Waals surface area contributed by atoms with Gasteiger partial charge in [-0.2, -0.15) is 0 Å². The van der Waals surface area contributed by atoms with Crippen LogP contribution >= 0.6 is 0 Å². The number of hydrogen-bond acceptors (Lipinski definition) is 11. The molecule has 0 atom stereocenters. The van der Waals surface area contributed by atoms with Crippen molar-refractivity contribution in [1.29, 1.82) is 0 Å². The van der Waals surface area contributed by atoms with Crippen LogP contribution in [-0.2, 0) is 46.4 Å².